The molecule has 1 aromatic heterocycles. The molecule has 2 fully saturated rings. The quantitative estimate of drug-likeness (QED) is 0.788. The molecule has 6 heteroatoms. The molecule has 1 saturated carbocycles. The monoisotopic (exact) mass is 274 g/mol. The van der Waals surface area contributed by atoms with Crippen molar-refractivity contribution in [2.45, 2.75) is 31.5 Å². The maximum absolute atomic E-state index is 12.6. The zero-order valence-electron chi connectivity index (χ0n) is 11.2. The van der Waals surface area contributed by atoms with E-state index in [9.17, 15) is 9.59 Å². The van der Waals surface area contributed by atoms with Crippen LogP contribution in [0.3, 0.4) is 0 Å². The van der Waals surface area contributed by atoms with E-state index in [4.69, 9.17) is 0 Å². The van der Waals surface area contributed by atoms with Gasteiger partial charge in [-0.15, -0.1) is 0 Å². The van der Waals surface area contributed by atoms with Crippen molar-refractivity contribution in [3.05, 3.63) is 30.1 Å². The minimum atomic E-state index is -0.322. The van der Waals surface area contributed by atoms with Crippen molar-refractivity contribution >= 4 is 11.8 Å². The standard InChI is InChI=1S/C14H18N4O2/c19-13-8-16-12(7-17-13)14(20)18(11-4-5-11)9-10-3-1-2-6-15-10/h1-3,6,11-12,16H,4-5,7-9H2,(H,17,19). The second-order valence-electron chi connectivity index (χ2n) is 5.26. The first-order valence-electron chi connectivity index (χ1n) is 6.94. The van der Waals surface area contributed by atoms with E-state index < -0.39 is 0 Å². The molecule has 0 bridgehead atoms. The van der Waals surface area contributed by atoms with Gasteiger partial charge in [0.25, 0.3) is 0 Å². The van der Waals surface area contributed by atoms with Crippen molar-refractivity contribution in [2.24, 2.45) is 0 Å². The Kier molecular flexibility index (Phi) is 3.64. The molecular weight excluding hydrogens is 256 g/mol. The van der Waals surface area contributed by atoms with Crippen molar-refractivity contribution in [3.8, 4) is 0 Å². The zero-order valence-corrected chi connectivity index (χ0v) is 11.2. The number of nitrogens with one attached hydrogen (secondary N) is 2. The summed E-state index contributed by atoms with van der Waals surface area (Å²) in [5.41, 5.74) is 0.896. The maximum Gasteiger partial charge on any atom is 0.242 e. The van der Waals surface area contributed by atoms with Crippen LogP contribution in [0, 0.1) is 0 Å². The van der Waals surface area contributed by atoms with Gasteiger partial charge < -0.3 is 10.2 Å². The van der Waals surface area contributed by atoms with Gasteiger partial charge in [0.05, 0.1) is 18.8 Å². The number of hydrogen-bond acceptors (Lipinski definition) is 4. The molecule has 2 heterocycles. The number of aromatic nitrogens is 1. The SMILES string of the molecule is O=C1CNC(C(=O)N(Cc2ccccn2)C2CC2)CN1. The molecule has 1 aliphatic carbocycles. The van der Waals surface area contributed by atoms with Crippen molar-refractivity contribution < 1.29 is 9.59 Å². The normalized spacial score (nSPS) is 22.2. The summed E-state index contributed by atoms with van der Waals surface area (Å²) in [6.07, 6.45) is 3.85. The van der Waals surface area contributed by atoms with Crippen molar-refractivity contribution in [2.75, 3.05) is 13.1 Å². The summed E-state index contributed by atoms with van der Waals surface area (Å²) in [6, 6.07) is 5.72. The Morgan fingerprint density at radius 3 is 2.85 bits per heavy atom. The summed E-state index contributed by atoms with van der Waals surface area (Å²) in [4.78, 5) is 29.9. The van der Waals surface area contributed by atoms with E-state index in [1.165, 1.54) is 0 Å². The Hall–Kier alpha value is -1.95. The van der Waals surface area contributed by atoms with Gasteiger partial charge in [-0.2, -0.15) is 0 Å². The van der Waals surface area contributed by atoms with E-state index >= 15 is 0 Å². The molecule has 2 N–H and O–H groups in total. The molecule has 0 aromatic carbocycles. The molecule has 1 unspecified atom stereocenters. The number of nitrogens with zero attached hydrogens (tertiary/aromatic N) is 2. The molecule has 1 saturated heterocycles. The highest BCUT2D eigenvalue weighted by molar-refractivity contribution is 5.87. The molecule has 2 amide bonds. The lowest BCUT2D eigenvalue weighted by atomic mass is 10.2. The Balaban J connectivity index is 1.67. The summed E-state index contributed by atoms with van der Waals surface area (Å²) in [7, 11) is 0. The maximum atomic E-state index is 12.6. The van der Waals surface area contributed by atoms with Crippen LogP contribution in [0.15, 0.2) is 24.4 Å². The van der Waals surface area contributed by atoms with Crippen LogP contribution >= 0.6 is 0 Å². The second-order valence-corrected chi connectivity index (χ2v) is 5.26. The Morgan fingerprint density at radius 1 is 1.40 bits per heavy atom. The lowest BCUT2D eigenvalue weighted by Gasteiger charge is -2.30. The van der Waals surface area contributed by atoms with Crippen LogP contribution in [0.25, 0.3) is 0 Å². The minimum Gasteiger partial charge on any atom is -0.353 e. The minimum absolute atomic E-state index is 0.0538. The van der Waals surface area contributed by atoms with Crippen LogP contribution in [-0.4, -0.2) is 46.9 Å². The molecule has 3 rings (SSSR count). The van der Waals surface area contributed by atoms with E-state index in [2.05, 4.69) is 15.6 Å². The van der Waals surface area contributed by atoms with Crippen LogP contribution in [0.5, 0.6) is 0 Å². The molecule has 106 valence electrons. The molecule has 0 spiro atoms. The molecule has 0 radical (unpaired) electrons. The van der Waals surface area contributed by atoms with Gasteiger partial charge in [-0.3, -0.25) is 19.9 Å². The van der Waals surface area contributed by atoms with Gasteiger partial charge in [0.1, 0.15) is 6.04 Å². The zero-order chi connectivity index (χ0) is 13.9. The largest absolute Gasteiger partial charge is 0.353 e. The Labute approximate surface area is 117 Å². The second kappa shape index (κ2) is 5.58. The summed E-state index contributed by atoms with van der Waals surface area (Å²) in [5, 5.41) is 5.72. The van der Waals surface area contributed by atoms with Crippen molar-refractivity contribution in [1.29, 1.82) is 0 Å². The number of piperazine rings is 1. The average Bonchev–Trinajstić information content (AvgIpc) is 3.30. The van der Waals surface area contributed by atoms with Crippen molar-refractivity contribution in [3.63, 3.8) is 0 Å². The number of carbonyl (C=O) groups is 2. The summed E-state index contributed by atoms with van der Waals surface area (Å²) in [6.45, 7) is 1.11. The van der Waals surface area contributed by atoms with E-state index in [-0.39, 0.29) is 24.4 Å². The van der Waals surface area contributed by atoms with Gasteiger partial charge in [0.2, 0.25) is 11.8 Å². The predicted molar refractivity (Wildman–Crippen MR) is 72.6 cm³/mol. The third-order valence-corrected chi connectivity index (χ3v) is 3.64. The first kappa shape index (κ1) is 13.1. The number of amides is 2. The van der Waals surface area contributed by atoms with Gasteiger partial charge in [-0.25, -0.2) is 0 Å². The van der Waals surface area contributed by atoms with Crippen LogP contribution < -0.4 is 10.6 Å². The first-order chi connectivity index (χ1) is 9.74. The summed E-state index contributed by atoms with van der Waals surface area (Å²) in [5.74, 6) is -0.00472. The summed E-state index contributed by atoms with van der Waals surface area (Å²) < 4.78 is 0. The highest BCUT2D eigenvalue weighted by Gasteiger charge is 2.37. The fourth-order valence-electron chi connectivity index (χ4n) is 2.38. The fourth-order valence-corrected chi connectivity index (χ4v) is 2.38. The van der Waals surface area contributed by atoms with E-state index in [1.807, 2.05) is 23.1 Å². The fraction of sp³-hybridized carbons (Fsp3) is 0.500. The molecule has 20 heavy (non-hydrogen) atoms. The topological polar surface area (TPSA) is 74.3 Å². The molecule has 2 aliphatic rings. The summed E-state index contributed by atoms with van der Waals surface area (Å²) >= 11 is 0. The Bertz CT molecular complexity index is 491. The molecule has 6 nitrogen and oxygen atoms in total. The molecule has 1 atom stereocenters. The van der Waals surface area contributed by atoms with E-state index in [0.717, 1.165) is 18.5 Å². The molecule has 1 aromatic rings. The van der Waals surface area contributed by atoms with Crippen LogP contribution in [-0.2, 0) is 16.1 Å². The number of carbonyl (C=O) groups excluding carboxylic acids is 2. The van der Waals surface area contributed by atoms with Gasteiger partial charge in [-0.05, 0) is 25.0 Å². The number of rotatable bonds is 4. The predicted octanol–water partition coefficient (Wildman–Crippen LogP) is -0.339. The highest BCUT2D eigenvalue weighted by atomic mass is 16.2. The van der Waals surface area contributed by atoms with E-state index in [0.29, 0.717) is 19.1 Å². The average molecular weight is 274 g/mol. The van der Waals surface area contributed by atoms with E-state index in [1.54, 1.807) is 6.20 Å². The highest BCUT2D eigenvalue weighted by Crippen LogP contribution is 2.28. The van der Waals surface area contributed by atoms with Crippen LogP contribution in [0.1, 0.15) is 18.5 Å². The lowest BCUT2D eigenvalue weighted by molar-refractivity contribution is -0.136. The number of hydrogen-bond donors (Lipinski definition) is 2. The molecule has 1 aliphatic heterocycles. The van der Waals surface area contributed by atoms with Gasteiger partial charge in [0, 0.05) is 18.8 Å². The Morgan fingerprint density at radius 2 is 2.25 bits per heavy atom. The van der Waals surface area contributed by atoms with Crippen LogP contribution in [0.4, 0.5) is 0 Å². The van der Waals surface area contributed by atoms with Gasteiger partial charge in [-0.1, -0.05) is 6.07 Å². The third-order valence-electron chi connectivity index (χ3n) is 3.64. The lowest BCUT2D eigenvalue weighted by Crippen LogP contribution is -2.58. The van der Waals surface area contributed by atoms with Crippen LogP contribution in [0.2, 0.25) is 0 Å². The van der Waals surface area contributed by atoms with Gasteiger partial charge >= 0.3 is 0 Å². The van der Waals surface area contributed by atoms with Gasteiger partial charge in [0.15, 0.2) is 0 Å². The third kappa shape index (κ3) is 2.96. The molecular formula is C14H18N4O2. The smallest absolute Gasteiger partial charge is 0.242 e. The first-order valence-corrected chi connectivity index (χ1v) is 6.94. The number of pyridine rings is 1. The van der Waals surface area contributed by atoms with Crippen molar-refractivity contribution in [1.82, 2.24) is 20.5 Å².